The van der Waals surface area contributed by atoms with E-state index in [0.29, 0.717) is 10.7 Å². The topological polar surface area (TPSA) is 55.1 Å². The van der Waals surface area contributed by atoms with Crippen LogP contribution >= 0.6 is 23.4 Å². The molecule has 1 aromatic carbocycles. The Kier molecular flexibility index (Phi) is 4.76. The molecule has 1 fully saturated rings. The number of carbonyl (C=O) groups is 1. The highest BCUT2D eigenvalue weighted by Gasteiger charge is 2.35. The average Bonchev–Trinajstić information content (AvgIpc) is 2.40. The number of nitrogens with one attached hydrogen (secondary N) is 1. The van der Waals surface area contributed by atoms with E-state index in [1.54, 1.807) is 17.8 Å². The molecule has 0 aliphatic heterocycles. The van der Waals surface area contributed by atoms with Gasteiger partial charge >= 0.3 is 0 Å². The summed E-state index contributed by atoms with van der Waals surface area (Å²) in [6, 6.07) is 5.55. The molecule has 104 valence electrons. The van der Waals surface area contributed by atoms with Crippen molar-refractivity contribution in [1.82, 2.24) is 0 Å². The molecule has 0 radical (unpaired) electrons. The van der Waals surface area contributed by atoms with Crippen LogP contribution < -0.4 is 11.1 Å². The Balaban J connectivity index is 2.08. The van der Waals surface area contributed by atoms with Crippen molar-refractivity contribution in [1.29, 1.82) is 0 Å². The first-order valence-electron chi connectivity index (χ1n) is 6.49. The third-order valence-corrected chi connectivity index (χ3v) is 4.83. The van der Waals surface area contributed by atoms with Crippen LogP contribution in [0.3, 0.4) is 0 Å². The number of nitrogens with two attached hydrogens (primary N) is 1. The number of anilines is 1. The quantitative estimate of drug-likeness (QED) is 0.837. The number of hydrogen-bond acceptors (Lipinski definition) is 3. The fourth-order valence-corrected chi connectivity index (χ4v) is 3.28. The predicted molar refractivity (Wildman–Crippen MR) is 81.9 cm³/mol. The summed E-state index contributed by atoms with van der Waals surface area (Å²) in [4.78, 5) is 13.3. The highest BCUT2D eigenvalue weighted by atomic mass is 35.5. The zero-order chi connectivity index (χ0) is 13.9. The Morgan fingerprint density at radius 1 is 1.37 bits per heavy atom. The van der Waals surface area contributed by atoms with E-state index >= 15 is 0 Å². The van der Waals surface area contributed by atoms with Gasteiger partial charge in [-0.25, -0.2) is 0 Å². The number of halogens is 1. The van der Waals surface area contributed by atoms with E-state index in [2.05, 4.69) is 5.32 Å². The second-order valence-electron chi connectivity index (χ2n) is 5.02. The van der Waals surface area contributed by atoms with Gasteiger partial charge < -0.3 is 11.1 Å². The van der Waals surface area contributed by atoms with Gasteiger partial charge in [0.1, 0.15) is 0 Å². The van der Waals surface area contributed by atoms with Gasteiger partial charge in [-0.05, 0) is 37.3 Å². The van der Waals surface area contributed by atoms with Crippen LogP contribution in [0, 0.1) is 0 Å². The molecule has 1 amide bonds. The minimum absolute atomic E-state index is 0.0971. The van der Waals surface area contributed by atoms with Gasteiger partial charge in [-0.2, -0.15) is 0 Å². The molecule has 0 unspecified atom stereocenters. The third kappa shape index (κ3) is 3.44. The van der Waals surface area contributed by atoms with Crippen LogP contribution in [0.4, 0.5) is 5.69 Å². The van der Waals surface area contributed by atoms with Gasteiger partial charge in [0, 0.05) is 10.6 Å². The lowest BCUT2D eigenvalue weighted by molar-refractivity contribution is -0.122. The molecule has 0 atom stereocenters. The molecule has 3 nitrogen and oxygen atoms in total. The fraction of sp³-hybridized carbons (Fsp3) is 0.500. The van der Waals surface area contributed by atoms with Gasteiger partial charge in [-0.15, -0.1) is 11.8 Å². The first kappa shape index (κ1) is 14.7. The van der Waals surface area contributed by atoms with Gasteiger partial charge in [0.25, 0.3) is 0 Å². The molecule has 1 aliphatic carbocycles. The van der Waals surface area contributed by atoms with Gasteiger partial charge in [0.2, 0.25) is 5.91 Å². The molecule has 1 aliphatic rings. The first-order valence-corrected chi connectivity index (χ1v) is 8.09. The average molecular weight is 299 g/mol. The Labute approximate surface area is 123 Å². The summed E-state index contributed by atoms with van der Waals surface area (Å²) in [6.45, 7) is 0. The first-order chi connectivity index (χ1) is 9.05. The Hall–Kier alpha value is -0.710. The minimum atomic E-state index is -0.719. The summed E-state index contributed by atoms with van der Waals surface area (Å²) in [5.41, 5.74) is 6.19. The van der Waals surface area contributed by atoms with Crippen LogP contribution in [0.1, 0.15) is 32.1 Å². The van der Waals surface area contributed by atoms with E-state index < -0.39 is 5.54 Å². The van der Waals surface area contributed by atoms with Crippen LogP contribution in [-0.2, 0) is 4.79 Å². The Morgan fingerprint density at radius 3 is 2.63 bits per heavy atom. The molecule has 1 saturated carbocycles. The van der Waals surface area contributed by atoms with E-state index in [0.717, 1.165) is 30.6 Å². The predicted octanol–water partition coefficient (Wildman–Crippen LogP) is 3.66. The van der Waals surface area contributed by atoms with Crippen LogP contribution in [0.25, 0.3) is 0 Å². The summed E-state index contributed by atoms with van der Waals surface area (Å²) in [5.74, 6) is -0.0971. The molecule has 1 aromatic rings. The second kappa shape index (κ2) is 6.16. The van der Waals surface area contributed by atoms with Crippen molar-refractivity contribution in [2.24, 2.45) is 5.73 Å². The Morgan fingerprint density at radius 2 is 2.05 bits per heavy atom. The van der Waals surface area contributed by atoms with E-state index in [1.165, 1.54) is 6.42 Å². The highest BCUT2D eigenvalue weighted by Crippen LogP contribution is 2.30. The van der Waals surface area contributed by atoms with Crippen LogP contribution in [0.2, 0.25) is 5.02 Å². The number of carbonyl (C=O) groups excluding carboxylic acids is 1. The molecule has 0 heterocycles. The molecule has 0 aromatic heterocycles. The van der Waals surface area contributed by atoms with Crippen molar-refractivity contribution in [3.05, 3.63) is 23.2 Å². The van der Waals surface area contributed by atoms with Gasteiger partial charge in [-0.1, -0.05) is 30.9 Å². The molecule has 0 saturated heterocycles. The van der Waals surface area contributed by atoms with Gasteiger partial charge in [0.15, 0.2) is 0 Å². The fourth-order valence-electron chi connectivity index (χ4n) is 2.41. The lowest BCUT2D eigenvalue weighted by Gasteiger charge is -2.31. The molecule has 0 bridgehead atoms. The maximum Gasteiger partial charge on any atom is 0.244 e. The molecule has 19 heavy (non-hydrogen) atoms. The number of benzene rings is 1. The number of rotatable bonds is 3. The highest BCUT2D eigenvalue weighted by molar-refractivity contribution is 7.98. The van der Waals surface area contributed by atoms with E-state index in [-0.39, 0.29) is 5.91 Å². The van der Waals surface area contributed by atoms with Crippen molar-refractivity contribution < 1.29 is 4.79 Å². The zero-order valence-corrected chi connectivity index (χ0v) is 12.6. The van der Waals surface area contributed by atoms with E-state index in [4.69, 9.17) is 17.3 Å². The normalized spacial score (nSPS) is 18.1. The van der Waals surface area contributed by atoms with Crippen LogP contribution in [0.5, 0.6) is 0 Å². The smallest absolute Gasteiger partial charge is 0.244 e. The molecule has 2 rings (SSSR count). The monoisotopic (exact) mass is 298 g/mol. The van der Waals surface area contributed by atoms with E-state index in [1.807, 2.05) is 18.4 Å². The largest absolute Gasteiger partial charge is 0.324 e. The zero-order valence-electron chi connectivity index (χ0n) is 11.0. The van der Waals surface area contributed by atoms with E-state index in [9.17, 15) is 4.79 Å². The third-order valence-electron chi connectivity index (χ3n) is 3.61. The summed E-state index contributed by atoms with van der Waals surface area (Å²) >= 11 is 7.71. The summed E-state index contributed by atoms with van der Waals surface area (Å²) in [5, 5.41) is 3.54. The SMILES string of the molecule is CSc1ccc(NC(=O)C2(N)CCCCC2)cc1Cl. The number of hydrogen-bond donors (Lipinski definition) is 2. The standard InChI is InChI=1S/C14H19ClN2OS/c1-19-12-6-5-10(9-11(12)15)17-13(18)14(16)7-3-2-4-8-14/h5-6,9H,2-4,7-8,16H2,1H3,(H,17,18). The van der Waals surface area contributed by atoms with Crippen molar-refractivity contribution in [2.75, 3.05) is 11.6 Å². The van der Waals surface area contributed by atoms with Crippen molar-refractivity contribution in [3.8, 4) is 0 Å². The minimum Gasteiger partial charge on any atom is -0.324 e. The maximum absolute atomic E-state index is 12.3. The van der Waals surface area contributed by atoms with Crippen molar-refractivity contribution in [3.63, 3.8) is 0 Å². The summed E-state index contributed by atoms with van der Waals surface area (Å²) in [6.07, 6.45) is 6.70. The van der Waals surface area contributed by atoms with Gasteiger partial charge in [0.05, 0.1) is 10.6 Å². The lowest BCUT2D eigenvalue weighted by Crippen LogP contribution is -2.52. The second-order valence-corrected chi connectivity index (χ2v) is 6.28. The molecular weight excluding hydrogens is 280 g/mol. The van der Waals surface area contributed by atoms with Crippen LogP contribution in [0.15, 0.2) is 23.1 Å². The van der Waals surface area contributed by atoms with Gasteiger partial charge in [-0.3, -0.25) is 4.79 Å². The summed E-state index contributed by atoms with van der Waals surface area (Å²) in [7, 11) is 0. The number of thioether (sulfide) groups is 1. The lowest BCUT2D eigenvalue weighted by atomic mass is 9.82. The van der Waals surface area contributed by atoms with Crippen molar-refractivity contribution >= 4 is 35.0 Å². The van der Waals surface area contributed by atoms with Crippen molar-refractivity contribution in [2.45, 2.75) is 42.5 Å². The number of amides is 1. The molecule has 5 heteroatoms. The summed E-state index contributed by atoms with van der Waals surface area (Å²) < 4.78 is 0. The Bertz CT molecular complexity index is 473. The van der Waals surface area contributed by atoms with Crippen LogP contribution in [-0.4, -0.2) is 17.7 Å². The maximum atomic E-state index is 12.3. The molecular formula is C14H19ClN2OS. The molecule has 3 N–H and O–H groups in total. The molecule has 0 spiro atoms.